The highest BCUT2D eigenvalue weighted by atomic mass is 79.9. The summed E-state index contributed by atoms with van der Waals surface area (Å²) in [4.78, 5) is 16.1. The van der Waals surface area contributed by atoms with Crippen molar-refractivity contribution in [3.05, 3.63) is 28.1 Å². The Bertz CT molecular complexity index is 590. The Balaban J connectivity index is 2.71. The molecule has 5 heteroatoms. The van der Waals surface area contributed by atoms with Crippen molar-refractivity contribution in [1.29, 1.82) is 0 Å². The van der Waals surface area contributed by atoms with Crippen molar-refractivity contribution in [3.63, 3.8) is 0 Å². The molecule has 0 radical (unpaired) electrons. The molecule has 2 rings (SSSR count). The zero-order valence-electron chi connectivity index (χ0n) is 9.95. The monoisotopic (exact) mass is 296 g/mol. The maximum Gasteiger partial charge on any atom is 0.340 e. The summed E-state index contributed by atoms with van der Waals surface area (Å²) in [6.45, 7) is 4.08. The van der Waals surface area contributed by atoms with Gasteiger partial charge in [-0.2, -0.15) is 0 Å². The molecular weight excluding hydrogens is 284 g/mol. The lowest BCUT2D eigenvalue weighted by Gasteiger charge is -2.01. The molecule has 0 bridgehead atoms. The van der Waals surface area contributed by atoms with E-state index in [0.717, 1.165) is 21.2 Å². The van der Waals surface area contributed by atoms with E-state index in [1.807, 2.05) is 24.6 Å². The number of fused-ring (bicyclic) bond motifs is 1. The van der Waals surface area contributed by atoms with E-state index < -0.39 is 0 Å². The number of hydrogen-bond acceptors (Lipinski definition) is 3. The van der Waals surface area contributed by atoms with Crippen molar-refractivity contribution in [1.82, 2.24) is 9.55 Å². The first-order valence-electron chi connectivity index (χ1n) is 5.34. The molecule has 0 saturated carbocycles. The van der Waals surface area contributed by atoms with Gasteiger partial charge in [0.25, 0.3) is 0 Å². The molecule has 2 aromatic rings. The van der Waals surface area contributed by atoms with Gasteiger partial charge in [0.05, 0.1) is 17.7 Å². The third-order valence-corrected chi connectivity index (χ3v) is 3.26. The number of carbonyl (C=O) groups excluding carboxylic acids is 1. The van der Waals surface area contributed by atoms with E-state index in [1.165, 1.54) is 0 Å². The van der Waals surface area contributed by atoms with Gasteiger partial charge in [0.15, 0.2) is 0 Å². The summed E-state index contributed by atoms with van der Waals surface area (Å²) in [7, 11) is 1.92. The summed E-state index contributed by atoms with van der Waals surface area (Å²) in [5.74, 6) is -0.292. The minimum Gasteiger partial charge on any atom is -0.462 e. The molecule has 0 aliphatic heterocycles. The molecule has 0 aromatic carbocycles. The second-order valence-electron chi connectivity index (χ2n) is 3.76. The van der Waals surface area contributed by atoms with Gasteiger partial charge in [0.2, 0.25) is 0 Å². The molecular formula is C12H13BrN2O2. The van der Waals surface area contributed by atoms with Crippen LogP contribution < -0.4 is 0 Å². The lowest BCUT2D eigenvalue weighted by molar-refractivity contribution is 0.0527. The number of rotatable bonds is 2. The number of esters is 1. The molecule has 0 amide bonds. The number of aromatic nitrogens is 2. The Morgan fingerprint density at radius 2 is 2.29 bits per heavy atom. The molecule has 17 heavy (non-hydrogen) atoms. The van der Waals surface area contributed by atoms with Crippen molar-refractivity contribution in [2.24, 2.45) is 7.05 Å². The first kappa shape index (κ1) is 12.1. The van der Waals surface area contributed by atoms with E-state index in [2.05, 4.69) is 20.9 Å². The van der Waals surface area contributed by atoms with Crippen LogP contribution in [0.1, 0.15) is 23.0 Å². The van der Waals surface area contributed by atoms with E-state index >= 15 is 0 Å². The maximum absolute atomic E-state index is 11.9. The predicted octanol–water partition coefficient (Wildman–Crippen LogP) is 2.82. The fraction of sp³-hybridized carbons (Fsp3) is 0.333. The second kappa shape index (κ2) is 4.49. The molecule has 0 saturated heterocycles. The Morgan fingerprint density at radius 1 is 1.59 bits per heavy atom. The Hall–Kier alpha value is -1.36. The van der Waals surface area contributed by atoms with Crippen molar-refractivity contribution >= 4 is 32.8 Å². The second-order valence-corrected chi connectivity index (χ2v) is 4.58. The molecule has 2 aromatic heterocycles. The summed E-state index contributed by atoms with van der Waals surface area (Å²) >= 11 is 3.33. The van der Waals surface area contributed by atoms with Crippen LogP contribution in [-0.4, -0.2) is 22.1 Å². The van der Waals surface area contributed by atoms with E-state index in [9.17, 15) is 4.79 Å². The topological polar surface area (TPSA) is 44.1 Å². The SMILES string of the molecule is CCOC(=O)c1c(C)n(C)c2cc(Br)ncc12. The zero-order chi connectivity index (χ0) is 12.6. The highest BCUT2D eigenvalue weighted by Gasteiger charge is 2.19. The molecule has 4 nitrogen and oxygen atoms in total. The van der Waals surface area contributed by atoms with E-state index in [4.69, 9.17) is 4.74 Å². The van der Waals surface area contributed by atoms with Gasteiger partial charge in [-0.25, -0.2) is 9.78 Å². The van der Waals surface area contributed by atoms with Crippen molar-refractivity contribution in [2.45, 2.75) is 13.8 Å². The summed E-state index contributed by atoms with van der Waals surface area (Å²) < 4.78 is 7.79. The van der Waals surface area contributed by atoms with E-state index in [1.54, 1.807) is 13.1 Å². The third-order valence-electron chi connectivity index (χ3n) is 2.82. The lowest BCUT2D eigenvalue weighted by atomic mass is 10.2. The third kappa shape index (κ3) is 1.95. The lowest BCUT2D eigenvalue weighted by Crippen LogP contribution is -2.06. The van der Waals surface area contributed by atoms with Crippen LogP contribution in [0.25, 0.3) is 10.9 Å². The molecule has 90 valence electrons. The molecule has 0 N–H and O–H groups in total. The van der Waals surface area contributed by atoms with Crippen molar-refractivity contribution < 1.29 is 9.53 Å². The van der Waals surface area contributed by atoms with Crippen LogP contribution in [0.15, 0.2) is 16.9 Å². The van der Waals surface area contributed by atoms with Gasteiger partial charge in [-0.3, -0.25) is 0 Å². The van der Waals surface area contributed by atoms with E-state index in [-0.39, 0.29) is 5.97 Å². The maximum atomic E-state index is 11.9. The predicted molar refractivity (Wildman–Crippen MR) is 69.1 cm³/mol. The molecule has 0 aliphatic rings. The summed E-state index contributed by atoms with van der Waals surface area (Å²) in [5, 5.41) is 0.826. The van der Waals surface area contributed by atoms with Gasteiger partial charge in [-0.1, -0.05) is 0 Å². The van der Waals surface area contributed by atoms with E-state index in [0.29, 0.717) is 12.2 Å². The highest BCUT2D eigenvalue weighted by molar-refractivity contribution is 9.10. The van der Waals surface area contributed by atoms with Gasteiger partial charge < -0.3 is 9.30 Å². The fourth-order valence-corrected chi connectivity index (χ4v) is 2.21. The van der Waals surface area contributed by atoms with Gasteiger partial charge in [0, 0.05) is 24.3 Å². The number of halogens is 1. The molecule has 2 heterocycles. The van der Waals surface area contributed by atoms with Crippen molar-refractivity contribution in [3.8, 4) is 0 Å². The van der Waals surface area contributed by atoms with Crippen LogP contribution in [-0.2, 0) is 11.8 Å². The smallest absolute Gasteiger partial charge is 0.340 e. The molecule has 0 aliphatic carbocycles. The number of aryl methyl sites for hydroxylation is 1. The van der Waals surface area contributed by atoms with Crippen molar-refractivity contribution in [2.75, 3.05) is 6.61 Å². The van der Waals surface area contributed by atoms with Gasteiger partial charge in [0.1, 0.15) is 4.60 Å². The number of ether oxygens (including phenoxy) is 1. The average Bonchev–Trinajstić information content (AvgIpc) is 2.53. The number of hydrogen-bond donors (Lipinski definition) is 0. The number of pyridine rings is 1. The minimum absolute atomic E-state index is 0.292. The first-order chi connectivity index (χ1) is 8.06. The molecule has 0 fully saturated rings. The normalized spacial score (nSPS) is 10.8. The molecule has 0 unspecified atom stereocenters. The fourth-order valence-electron chi connectivity index (χ4n) is 1.89. The first-order valence-corrected chi connectivity index (χ1v) is 6.13. The van der Waals surface area contributed by atoms with Crippen LogP contribution in [0.3, 0.4) is 0 Å². The summed E-state index contributed by atoms with van der Waals surface area (Å²) in [5.41, 5.74) is 2.45. The van der Waals surface area contributed by atoms with Crippen LogP contribution >= 0.6 is 15.9 Å². The standard InChI is InChI=1S/C12H13BrN2O2/c1-4-17-12(16)11-7(2)15(3)9-5-10(13)14-6-8(9)11/h5-6H,4H2,1-3H3. The Kier molecular flexibility index (Phi) is 3.19. The average molecular weight is 297 g/mol. The quantitative estimate of drug-likeness (QED) is 0.632. The number of nitrogens with zero attached hydrogens (tertiary/aromatic N) is 2. The molecule has 0 atom stereocenters. The van der Waals surface area contributed by atoms with Gasteiger partial charge in [-0.15, -0.1) is 0 Å². The Morgan fingerprint density at radius 3 is 2.94 bits per heavy atom. The molecule has 0 spiro atoms. The number of carbonyl (C=O) groups is 1. The summed E-state index contributed by atoms with van der Waals surface area (Å²) in [6, 6.07) is 1.89. The van der Waals surface area contributed by atoms with Crippen LogP contribution in [0.2, 0.25) is 0 Å². The largest absolute Gasteiger partial charge is 0.462 e. The van der Waals surface area contributed by atoms with Crippen LogP contribution in [0, 0.1) is 6.92 Å². The highest BCUT2D eigenvalue weighted by Crippen LogP contribution is 2.26. The van der Waals surface area contributed by atoms with Gasteiger partial charge >= 0.3 is 5.97 Å². The zero-order valence-corrected chi connectivity index (χ0v) is 11.5. The minimum atomic E-state index is -0.292. The summed E-state index contributed by atoms with van der Waals surface area (Å²) in [6.07, 6.45) is 1.69. The van der Waals surface area contributed by atoms with Crippen LogP contribution in [0.5, 0.6) is 0 Å². The van der Waals surface area contributed by atoms with Gasteiger partial charge in [-0.05, 0) is 35.8 Å². The van der Waals surface area contributed by atoms with Crippen LogP contribution in [0.4, 0.5) is 0 Å². The Labute approximate surface area is 108 Å².